The van der Waals surface area contributed by atoms with Gasteiger partial charge in [0, 0.05) is 30.1 Å². The lowest BCUT2D eigenvalue weighted by Crippen LogP contribution is -2.54. The molecular formula is C25H37N3O5. The van der Waals surface area contributed by atoms with E-state index >= 15 is 0 Å². The third-order valence-corrected chi connectivity index (χ3v) is 5.39. The first kappa shape index (κ1) is 26.2. The van der Waals surface area contributed by atoms with Crippen LogP contribution in [0.1, 0.15) is 59.4 Å². The monoisotopic (exact) mass is 459 g/mol. The molecule has 0 aliphatic heterocycles. The number of para-hydroxylation sites is 1. The number of nitrogens with one attached hydrogen (secondary N) is 2. The number of aromatic nitrogens is 1. The number of carbonyl (C=O) groups excluding carboxylic acids is 3. The molecule has 2 N–H and O–H groups in total. The molecule has 1 aromatic carbocycles. The summed E-state index contributed by atoms with van der Waals surface area (Å²) in [6, 6.07) is 6.10. The smallest absolute Gasteiger partial charge is 0.408 e. The maximum atomic E-state index is 13.2. The summed E-state index contributed by atoms with van der Waals surface area (Å²) in [6.45, 7) is 11.0. The summed E-state index contributed by atoms with van der Waals surface area (Å²) in [5, 5.41) is 6.47. The zero-order valence-electron chi connectivity index (χ0n) is 20.9. The van der Waals surface area contributed by atoms with Crippen LogP contribution in [-0.4, -0.2) is 47.3 Å². The molecule has 2 rings (SSSR count). The number of rotatable bonds is 8. The number of methoxy groups -OCH3 is 1. The molecule has 0 bridgehead atoms. The van der Waals surface area contributed by atoms with Crippen LogP contribution >= 0.6 is 0 Å². The van der Waals surface area contributed by atoms with Gasteiger partial charge in [-0.05, 0) is 44.7 Å². The number of nitrogens with zero attached hydrogens (tertiary/aromatic N) is 1. The van der Waals surface area contributed by atoms with Gasteiger partial charge < -0.3 is 24.7 Å². The number of aryl methyl sites for hydroxylation is 1. The van der Waals surface area contributed by atoms with Gasteiger partial charge in [-0.3, -0.25) is 4.79 Å². The Hall–Kier alpha value is -3.03. The van der Waals surface area contributed by atoms with Gasteiger partial charge in [-0.15, -0.1) is 0 Å². The number of hydrogen-bond acceptors (Lipinski definition) is 5. The standard InChI is InChI=1S/C25H37N3O5/c1-15(2)13-19(26-24(31)33-25(4,5)6)22(29)27-21(23(30)32-8)16(3)18-14-28(7)20-12-10-9-11-17(18)20/h9-12,14-16,19,21H,13H2,1-8H3,(H,26,31)(H,27,29)/t16-,19-,21-/m1/s1. The van der Waals surface area contributed by atoms with Gasteiger partial charge in [-0.2, -0.15) is 0 Å². The molecule has 0 spiro atoms. The van der Waals surface area contributed by atoms with Gasteiger partial charge in [-0.1, -0.05) is 39.0 Å². The molecular weight excluding hydrogens is 422 g/mol. The predicted molar refractivity (Wildman–Crippen MR) is 128 cm³/mol. The van der Waals surface area contributed by atoms with Gasteiger partial charge in [0.15, 0.2) is 0 Å². The first-order valence-electron chi connectivity index (χ1n) is 11.3. The molecule has 1 heterocycles. The van der Waals surface area contributed by atoms with Crippen molar-refractivity contribution in [2.75, 3.05) is 7.11 Å². The Morgan fingerprint density at radius 3 is 2.27 bits per heavy atom. The van der Waals surface area contributed by atoms with Crippen molar-refractivity contribution in [3.05, 3.63) is 36.0 Å². The minimum Gasteiger partial charge on any atom is -0.467 e. The Balaban J connectivity index is 2.30. The lowest BCUT2D eigenvalue weighted by Gasteiger charge is -2.27. The minimum absolute atomic E-state index is 0.128. The lowest BCUT2D eigenvalue weighted by atomic mass is 9.92. The average Bonchev–Trinajstić information content (AvgIpc) is 3.05. The largest absolute Gasteiger partial charge is 0.467 e. The van der Waals surface area contributed by atoms with E-state index in [9.17, 15) is 14.4 Å². The molecule has 0 saturated heterocycles. The Kier molecular flexibility index (Phi) is 8.52. The quantitative estimate of drug-likeness (QED) is 0.584. The van der Waals surface area contributed by atoms with Crippen molar-refractivity contribution in [2.45, 2.75) is 71.6 Å². The zero-order chi connectivity index (χ0) is 24.9. The highest BCUT2D eigenvalue weighted by Crippen LogP contribution is 2.29. The number of benzene rings is 1. The Bertz CT molecular complexity index is 990. The Labute approximate surface area is 196 Å². The van der Waals surface area contributed by atoms with Crippen molar-refractivity contribution in [1.82, 2.24) is 15.2 Å². The first-order chi connectivity index (χ1) is 15.3. The average molecular weight is 460 g/mol. The fourth-order valence-corrected chi connectivity index (χ4v) is 3.84. The fourth-order valence-electron chi connectivity index (χ4n) is 3.84. The second-order valence-electron chi connectivity index (χ2n) is 9.84. The van der Waals surface area contributed by atoms with Gasteiger partial charge in [0.1, 0.15) is 17.7 Å². The van der Waals surface area contributed by atoms with E-state index in [1.807, 2.05) is 62.8 Å². The number of amides is 2. The molecule has 1 aromatic heterocycles. The summed E-state index contributed by atoms with van der Waals surface area (Å²) in [5.74, 6) is -1.25. The second-order valence-corrected chi connectivity index (χ2v) is 9.84. The third-order valence-electron chi connectivity index (χ3n) is 5.39. The molecule has 0 radical (unpaired) electrons. The molecule has 3 atom stereocenters. The normalized spacial score (nSPS) is 14.5. The van der Waals surface area contributed by atoms with Gasteiger partial charge in [0.25, 0.3) is 0 Å². The summed E-state index contributed by atoms with van der Waals surface area (Å²) in [6.07, 6.45) is 1.67. The van der Waals surface area contributed by atoms with Crippen LogP contribution in [0.15, 0.2) is 30.5 Å². The van der Waals surface area contributed by atoms with E-state index in [2.05, 4.69) is 10.6 Å². The summed E-state index contributed by atoms with van der Waals surface area (Å²) in [4.78, 5) is 38.3. The van der Waals surface area contributed by atoms with E-state index in [0.717, 1.165) is 16.5 Å². The topological polar surface area (TPSA) is 98.7 Å². The van der Waals surface area contributed by atoms with Crippen LogP contribution < -0.4 is 10.6 Å². The SMILES string of the molecule is COC(=O)[C@H](NC(=O)[C@@H](CC(C)C)NC(=O)OC(C)(C)C)[C@H](C)c1cn(C)c2ccccc12. The zero-order valence-corrected chi connectivity index (χ0v) is 20.9. The summed E-state index contributed by atoms with van der Waals surface area (Å²) in [5.41, 5.74) is 1.25. The number of alkyl carbamates (subject to hydrolysis) is 1. The van der Waals surface area contributed by atoms with Crippen LogP contribution in [0.5, 0.6) is 0 Å². The van der Waals surface area contributed by atoms with Crippen molar-refractivity contribution < 1.29 is 23.9 Å². The van der Waals surface area contributed by atoms with Crippen molar-refractivity contribution in [3.8, 4) is 0 Å². The molecule has 0 saturated carbocycles. The van der Waals surface area contributed by atoms with E-state index in [4.69, 9.17) is 9.47 Å². The molecule has 182 valence electrons. The molecule has 2 aromatic rings. The van der Waals surface area contributed by atoms with E-state index in [0.29, 0.717) is 6.42 Å². The highest BCUT2D eigenvalue weighted by Gasteiger charge is 2.34. The predicted octanol–water partition coefficient (Wildman–Crippen LogP) is 3.88. The Morgan fingerprint density at radius 2 is 1.70 bits per heavy atom. The number of fused-ring (bicyclic) bond motifs is 1. The van der Waals surface area contributed by atoms with E-state index in [1.54, 1.807) is 20.8 Å². The van der Waals surface area contributed by atoms with Crippen molar-refractivity contribution in [1.29, 1.82) is 0 Å². The van der Waals surface area contributed by atoms with Crippen molar-refractivity contribution in [2.24, 2.45) is 13.0 Å². The van der Waals surface area contributed by atoms with Crippen LogP contribution in [0.4, 0.5) is 4.79 Å². The van der Waals surface area contributed by atoms with Crippen molar-refractivity contribution in [3.63, 3.8) is 0 Å². The molecule has 2 amide bonds. The number of ether oxygens (including phenoxy) is 2. The van der Waals surface area contributed by atoms with Gasteiger partial charge in [0.2, 0.25) is 5.91 Å². The maximum absolute atomic E-state index is 13.2. The van der Waals surface area contributed by atoms with E-state index in [1.165, 1.54) is 7.11 Å². The number of hydrogen-bond donors (Lipinski definition) is 2. The van der Waals surface area contributed by atoms with Crippen LogP contribution in [0.2, 0.25) is 0 Å². The molecule has 0 unspecified atom stereocenters. The van der Waals surface area contributed by atoms with Crippen LogP contribution in [0, 0.1) is 5.92 Å². The molecule has 8 heteroatoms. The molecule has 0 aliphatic carbocycles. The van der Waals surface area contributed by atoms with Gasteiger partial charge >= 0.3 is 12.1 Å². The first-order valence-corrected chi connectivity index (χ1v) is 11.3. The van der Waals surface area contributed by atoms with Gasteiger partial charge in [-0.25, -0.2) is 9.59 Å². The maximum Gasteiger partial charge on any atom is 0.408 e. The highest BCUT2D eigenvalue weighted by atomic mass is 16.6. The lowest BCUT2D eigenvalue weighted by molar-refractivity contribution is -0.146. The minimum atomic E-state index is -0.927. The number of esters is 1. The summed E-state index contributed by atoms with van der Waals surface area (Å²) >= 11 is 0. The van der Waals surface area contributed by atoms with E-state index in [-0.39, 0.29) is 11.8 Å². The third kappa shape index (κ3) is 6.97. The van der Waals surface area contributed by atoms with Crippen LogP contribution in [-0.2, 0) is 26.1 Å². The second kappa shape index (κ2) is 10.7. The van der Waals surface area contributed by atoms with E-state index < -0.39 is 35.7 Å². The van der Waals surface area contributed by atoms with Crippen LogP contribution in [0.25, 0.3) is 10.9 Å². The highest BCUT2D eigenvalue weighted by molar-refractivity contribution is 5.91. The van der Waals surface area contributed by atoms with Crippen LogP contribution in [0.3, 0.4) is 0 Å². The molecule has 33 heavy (non-hydrogen) atoms. The molecule has 8 nitrogen and oxygen atoms in total. The summed E-state index contributed by atoms with van der Waals surface area (Å²) in [7, 11) is 3.23. The molecule has 0 fully saturated rings. The van der Waals surface area contributed by atoms with Crippen molar-refractivity contribution >= 4 is 28.9 Å². The fraction of sp³-hybridized carbons (Fsp3) is 0.560. The van der Waals surface area contributed by atoms with Gasteiger partial charge in [0.05, 0.1) is 7.11 Å². The summed E-state index contributed by atoms with van der Waals surface area (Å²) < 4.78 is 12.3. The number of carbonyl (C=O) groups is 3. The Morgan fingerprint density at radius 1 is 1.06 bits per heavy atom. The molecule has 0 aliphatic rings.